The number of benzene rings is 1. The highest BCUT2D eigenvalue weighted by Gasteiger charge is 2.23. The number of hydrogen-bond donors (Lipinski definition) is 2. The Hall–Kier alpha value is -1.000. The van der Waals surface area contributed by atoms with Gasteiger partial charge in [0.25, 0.3) is 0 Å². The molecule has 1 unspecified atom stereocenters. The summed E-state index contributed by atoms with van der Waals surface area (Å²) in [7, 11) is 0. The number of rotatable bonds is 4. The molecule has 0 saturated carbocycles. The van der Waals surface area contributed by atoms with E-state index in [0.29, 0.717) is 0 Å². The SMILES string of the molecule is CCc1cccc(CC)c1NC(=O)C1CSCN1. The third-order valence-corrected chi connectivity index (χ3v) is 4.22. The molecule has 0 bridgehead atoms. The molecule has 1 amide bonds. The van der Waals surface area contributed by atoms with Gasteiger partial charge in [-0.25, -0.2) is 0 Å². The number of para-hydroxylation sites is 1. The lowest BCUT2D eigenvalue weighted by atomic mass is 10.0. The van der Waals surface area contributed by atoms with Crippen LogP contribution in [0.25, 0.3) is 0 Å². The lowest BCUT2D eigenvalue weighted by Gasteiger charge is -2.16. The Labute approximate surface area is 113 Å². The molecule has 1 fully saturated rings. The molecule has 2 N–H and O–H groups in total. The summed E-state index contributed by atoms with van der Waals surface area (Å²) >= 11 is 1.77. The van der Waals surface area contributed by atoms with Crippen molar-refractivity contribution in [3.05, 3.63) is 29.3 Å². The second kappa shape index (κ2) is 6.25. The number of anilines is 1. The van der Waals surface area contributed by atoms with E-state index in [2.05, 4.69) is 42.7 Å². The minimum Gasteiger partial charge on any atom is -0.324 e. The third kappa shape index (κ3) is 2.87. The molecule has 0 spiro atoms. The number of nitrogens with one attached hydrogen (secondary N) is 2. The summed E-state index contributed by atoms with van der Waals surface area (Å²) in [6, 6.07) is 6.19. The van der Waals surface area contributed by atoms with Crippen LogP contribution in [-0.4, -0.2) is 23.6 Å². The van der Waals surface area contributed by atoms with E-state index in [1.165, 1.54) is 11.1 Å². The highest BCUT2D eigenvalue weighted by molar-refractivity contribution is 7.99. The standard InChI is InChI=1S/C14H20N2OS/c1-3-10-6-5-7-11(4-2)13(10)16-14(17)12-8-18-9-15-12/h5-7,12,15H,3-4,8-9H2,1-2H3,(H,16,17). The Balaban J connectivity index is 2.18. The van der Waals surface area contributed by atoms with Gasteiger partial charge in [-0.1, -0.05) is 32.0 Å². The first-order chi connectivity index (χ1) is 8.76. The van der Waals surface area contributed by atoms with Gasteiger partial charge in [0.15, 0.2) is 0 Å². The van der Waals surface area contributed by atoms with Gasteiger partial charge in [-0.05, 0) is 24.0 Å². The van der Waals surface area contributed by atoms with E-state index in [1.54, 1.807) is 11.8 Å². The first-order valence-electron chi connectivity index (χ1n) is 6.49. The quantitative estimate of drug-likeness (QED) is 0.877. The van der Waals surface area contributed by atoms with Crippen molar-refractivity contribution in [1.29, 1.82) is 0 Å². The van der Waals surface area contributed by atoms with Gasteiger partial charge in [0.1, 0.15) is 0 Å². The van der Waals surface area contributed by atoms with Gasteiger partial charge < -0.3 is 5.32 Å². The van der Waals surface area contributed by atoms with Crippen LogP contribution < -0.4 is 10.6 Å². The maximum absolute atomic E-state index is 12.2. The van der Waals surface area contributed by atoms with Crippen molar-refractivity contribution in [2.75, 3.05) is 16.9 Å². The fourth-order valence-corrected chi connectivity index (χ4v) is 3.12. The number of aryl methyl sites for hydroxylation is 2. The van der Waals surface area contributed by atoms with Crippen molar-refractivity contribution in [3.8, 4) is 0 Å². The van der Waals surface area contributed by atoms with Gasteiger partial charge in [-0.15, -0.1) is 11.8 Å². The first kappa shape index (κ1) is 13.4. The average molecular weight is 264 g/mol. The summed E-state index contributed by atoms with van der Waals surface area (Å²) in [5, 5.41) is 6.31. The van der Waals surface area contributed by atoms with E-state index >= 15 is 0 Å². The van der Waals surface area contributed by atoms with Crippen LogP contribution in [0, 0.1) is 0 Å². The minimum absolute atomic E-state index is 0.0513. The van der Waals surface area contributed by atoms with Crippen molar-refractivity contribution >= 4 is 23.4 Å². The van der Waals surface area contributed by atoms with Crippen LogP contribution >= 0.6 is 11.8 Å². The average Bonchev–Trinajstić information content (AvgIpc) is 2.93. The second-order valence-corrected chi connectivity index (χ2v) is 5.45. The van der Waals surface area contributed by atoms with Crippen LogP contribution in [0.4, 0.5) is 5.69 Å². The third-order valence-electron chi connectivity index (χ3n) is 3.28. The van der Waals surface area contributed by atoms with Crippen LogP contribution in [0.2, 0.25) is 0 Å². The van der Waals surface area contributed by atoms with Crippen molar-refractivity contribution in [3.63, 3.8) is 0 Å². The van der Waals surface area contributed by atoms with Crippen molar-refractivity contribution in [2.45, 2.75) is 32.7 Å². The summed E-state index contributed by atoms with van der Waals surface area (Å²) in [4.78, 5) is 12.2. The maximum atomic E-state index is 12.2. The van der Waals surface area contributed by atoms with Crippen LogP contribution in [0.3, 0.4) is 0 Å². The molecule has 1 aromatic rings. The maximum Gasteiger partial charge on any atom is 0.242 e. The zero-order valence-electron chi connectivity index (χ0n) is 11.0. The number of thioether (sulfide) groups is 1. The molecule has 0 radical (unpaired) electrons. The van der Waals surface area contributed by atoms with Crippen LogP contribution in [0.5, 0.6) is 0 Å². The van der Waals surface area contributed by atoms with Crippen molar-refractivity contribution in [2.24, 2.45) is 0 Å². The summed E-state index contributed by atoms with van der Waals surface area (Å²) in [5.41, 5.74) is 3.45. The Morgan fingerprint density at radius 1 is 1.39 bits per heavy atom. The van der Waals surface area contributed by atoms with Crippen LogP contribution in [0.1, 0.15) is 25.0 Å². The van der Waals surface area contributed by atoms with Gasteiger partial charge >= 0.3 is 0 Å². The molecule has 1 heterocycles. The fourth-order valence-electron chi connectivity index (χ4n) is 2.18. The van der Waals surface area contributed by atoms with E-state index in [0.717, 1.165) is 30.2 Å². The zero-order valence-corrected chi connectivity index (χ0v) is 11.8. The highest BCUT2D eigenvalue weighted by Crippen LogP contribution is 2.23. The van der Waals surface area contributed by atoms with Gasteiger partial charge in [0.05, 0.1) is 6.04 Å². The predicted octanol–water partition coefficient (Wildman–Crippen LogP) is 2.41. The van der Waals surface area contributed by atoms with Crippen molar-refractivity contribution < 1.29 is 4.79 Å². The normalized spacial score (nSPS) is 18.9. The molecule has 1 saturated heterocycles. The molecule has 0 aliphatic carbocycles. The lowest BCUT2D eigenvalue weighted by Crippen LogP contribution is -2.37. The molecule has 0 aromatic heterocycles. The topological polar surface area (TPSA) is 41.1 Å². The molecule has 3 nitrogen and oxygen atoms in total. The molecule has 98 valence electrons. The van der Waals surface area contributed by atoms with Gasteiger partial charge in [0, 0.05) is 17.3 Å². The fraction of sp³-hybridized carbons (Fsp3) is 0.500. The molecule has 1 aromatic carbocycles. The van der Waals surface area contributed by atoms with Gasteiger partial charge in [-0.2, -0.15) is 0 Å². The van der Waals surface area contributed by atoms with E-state index in [1.807, 2.05) is 0 Å². The Bertz CT molecular complexity index is 406. The minimum atomic E-state index is -0.0513. The largest absolute Gasteiger partial charge is 0.324 e. The Kier molecular flexibility index (Phi) is 4.66. The molecule has 4 heteroatoms. The predicted molar refractivity (Wildman–Crippen MR) is 78.1 cm³/mol. The Morgan fingerprint density at radius 2 is 2.06 bits per heavy atom. The molecular formula is C14H20N2OS. The summed E-state index contributed by atoms with van der Waals surface area (Å²) in [5.74, 6) is 1.83. The van der Waals surface area contributed by atoms with Crippen molar-refractivity contribution in [1.82, 2.24) is 5.32 Å². The number of carbonyl (C=O) groups is 1. The zero-order chi connectivity index (χ0) is 13.0. The monoisotopic (exact) mass is 264 g/mol. The number of hydrogen-bond acceptors (Lipinski definition) is 3. The van der Waals surface area contributed by atoms with Gasteiger partial charge in [-0.3, -0.25) is 10.1 Å². The summed E-state index contributed by atoms with van der Waals surface area (Å²) in [6.07, 6.45) is 1.88. The smallest absolute Gasteiger partial charge is 0.242 e. The lowest BCUT2D eigenvalue weighted by molar-refractivity contribution is -0.117. The number of carbonyl (C=O) groups excluding carboxylic acids is 1. The molecule has 1 atom stereocenters. The van der Waals surface area contributed by atoms with Gasteiger partial charge in [0.2, 0.25) is 5.91 Å². The second-order valence-electron chi connectivity index (χ2n) is 4.42. The summed E-state index contributed by atoms with van der Waals surface area (Å²) in [6.45, 7) is 4.24. The molecule has 1 aliphatic rings. The van der Waals surface area contributed by atoms with Crippen LogP contribution in [0.15, 0.2) is 18.2 Å². The molecule has 2 rings (SSSR count). The number of amides is 1. The molecule has 18 heavy (non-hydrogen) atoms. The summed E-state index contributed by atoms with van der Waals surface area (Å²) < 4.78 is 0. The van der Waals surface area contributed by atoms with E-state index < -0.39 is 0 Å². The van der Waals surface area contributed by atoms with E-state index in [9.17, 15) is 4.79 Å². The van der Waals surface area contributed by atoms with E-state index in [-0.39, 0.29) is 11.9 Å². The molecule has 1 aliphatic heterocycles. The first-order valence-corrected chi connectivity index (χ1v) is 7.64. The molecular weight excluding hydrogens is 244 g/mol. The van der Waals surface area contributed by atoms with Crippen LogP contribution in [-0.2, 0) is 17.6 Å². The Morgan fingerprint density at radius 3 is 2.56 bits per heavy atom. The highest BCUT2D eigenvalue weighted by atomic mass is 32.2. The van der Waals surface area contributed by atoms with E-state index in [4.69, 9.17) is 0 Å².